The SMILES string of the molecule is CC1CCC(Nc2ncc(F)cc2F)CC1C. The molecule has 1 aliphatic carbocycles. The summed E-state index contributed by atoms with van der Waals surface area (Å²) in [6, 6.07) is 1.11. The van der Waals surface area contributed by atoms with Crippen molar-refractivity contribution in [1.29, 1.82) is 0 Å². The third-order valence-electron chi connectivity index (χ3n) is 3.75. The van der Waals surface area contributed by atoms with Crippen molar-refractivity contribution in [2.75, 3.05) is 5.32 Å². The number of pyridine rings is 1. The number of hydrogen-bond acceptors (Lipinski definition) is 2. The Morgan fingerprint density at radius 1 is 1.24 bits per heavy atom. The quantitative estimate of drug-likeness (QED) is 0.854. The van der Waals surface area contributed by atoms with E-state index in [1.165, 1.54) is 0 Å². The predicted octanol–water partition coefficient (Wildman–Crippen LogP) is 3.60. The van der Waals surface area contributed by atoms with E-state index < -0.39 is 11.6 Å². The summed E-state index contributed by atoms with van der Waals surface area (Å²) in [6.45, 7) is 4.46. The molecule has 1 saturated carbocycles. The van der Waals surface area contributed by atoms with E-state index in [4.69, 9.17) is 0 Å². The molecule has 0 bridgehead atoms. The van der Waals surface area contributed by atoms with Gasteiger partial charge in [-0.3, -0.25) is 0 Å². The van der Waals surface area contributed by atoms with Crippen LogP contribution in [-0.2, 0) is 0 Å². The van der Waals surface area contributed by atoms with Gasteiger partial charge in [-0.2, -0.15) is 0 Å². The van der Waals surface area contributed by atoms with Gasteiger partial charge in [0.25, 0.3) is 0 Å². The molecular formula is C13H18F2N2. The van der Waals surface area contributed by atoms with Crippen molar-refractivity contribution in [3.63, 3.8) is 0 Å². The molecule has 3 atom stereocenters. The van der Waals surface area contributed by atoms with Gasteiger partial charge >= 0.3 is 0 Å². The van der Waals surface area contributed by atoms with Crippen LogP contribution in [0.2, 0.25) is 0 Å². The Morgan fingerprint density at radius 2 is 2.00 bits per heavy atom. The molecule has 1 N–H and O–H groups in total. The number of hydrogen-bond donors (Lipinski definition) is 1. The van der Waals surface area contributed by atoms with E-state index >= 15 is 0 Å². The van der Waals surface area contributed by atoms with Crippen molar-refractivity contribution >= 4 is 5.82 Å². The van der Waals surface area contributed by atoms with Crippen molar-refractivity contribution < 1.29 is 8.78 Å². The summed E-state index contributed by atoms with van der Waals surface area (Å²) in [4.78, 5) is 3.75. The average Bonchev–Trinajstić information content (AvgIpc) is 2.27. The van der Waals surface area contributed by atoms with Crippen LogP contribution in [0.3, 0.4) is 0 Å². The van der Waals surface area contributed by atoms with Crippen LogP contribution in [0.15, 0.2) is 12.3 Å². The number of nitrogens with zero attached hydrogens (tertiary/aromatic N) is 1. The molecule has 0 aromatic carbocycles. The van der Waals surface area contributed by atoms with Gasteiger partial charge in [0.05, 0.1) is 6.20 Å². The zero-order valence-electron chi connectivity index (χ0n) is 10.2. The summed E-state index contributed by atoms with van der Waals surface area (Å²) in [7, 11) is 0. The molecule has 2 nitrogen and oxygen atoms in total. The van der Waals surface area contributed by atoms with Crippen LogP contribution in [0.4, 0.5) is 14.6 Å². The van der Waals surface area contributed by atoms with Crippen molar-refractivity contribution in [2.45, 2.75) is 39.2 Å². The Morgan fingerprint density at radius 3 is 2.65 bits per heavy atom. The molecule has 0 aliphatic heterocycles. The van der Waals surface area contributed by atoms with Crippen molar-refractivity contribution in [3.05, 3.63) is 23.9 Å². The van der Waals surface area contributed by atoms with Crippen molar-refractivity contribution in [2.24, 2.45) is 11.8 Å². The van der Waals surface area contributed by atoms with E-state index in [9.17, 15) is 8.78 Å². The molecule has 1 fully saturated rings. The third kappa shape index (κ3) is 2.93. The maximum Gasteiger partial charge on any atom is 0.168 e. The molecular weight excluding hydrogens is 222 g/mol. The summed E-state index contributed by atoms with van der Waals surface area (Å²) >= 11 is 0. The Hall–Kier alpha value is -1.19. The molecule has 1 aromatic heterocycles. The van der Waals surface area contributed by atoms with Crippen molar-refractivity contribution in [1.82, 2.24) is 4.98 Å². The van der Waals surface area contributed by atoms with Crippen LogP contribution in [0.25, 0.3) is 0 Å². The van der Waals surface area contributed by atoms with E-state index in [2.05, 4.69) is 24.1 Å². The van der Waals surface area contributed by atoms with Gasteiger partial charge in [0.2, 0.25) is 0 Å². The fourth-order valence-electron chi connectivity index (χ4n) is 2.39. The van der Waals surface area contributed by atoms with Crippen LogP contribution < -0.4 is 5.32 Å². The van der Waals surface area contributed by atoms with Gasteiger partial charge in [0.15, 0.2) is 11.6 Å². The fourth-order valence-corrected chi connectivity index (χ4v) is 2.39. The normalized spacial score (nSPS) is 29.1. The van der Waals surface area contributed by atoms with Crippen LogP contribution >= 0.6 is 0 Å². The minimum Gasteiger partial charge on any atom is -0.365 e. The lowest BCUT2D eigenvalue weighted by Gasteiger charge is -2.32. The number of aromatic nitrogens is 1. The summed E-state index contributed by atoms with van der Waals surface area (Å²) in [5, 5.41) is 3.07. The van der Waals surface area contributed by atoms with Gasteiger partial charge < -0.3 is 5.32 Å². The number of rotatable bonds is 2. The largest absolute Gasteiger partial charge is 0.365 e. The highest BCUT2D eigenvalue weighted by atomic mass is 19.1. The molecule has 94 valence electrons. The van der Waals surface area contributed by atoms with Crippen molar-refractivity contribution in [3.8, 4) is 0 Å². The Kier molecular flexibility index (Phi) is 3.60. The molecule has 17 heavy (non-hydrogen) atoms. The van der Waals surface area contributed by atoms with Gasteiger partial charge in [-0.25, -0.2) is 13.8 Å². The van der Waals surface area contributed by atoms with Gasteiger partial charge in [0.1, 0.15) is 5.82 Å². The molecule has 0 saturated heterocycles. The average molecular weight is 240 g/mol. The maximum atomic E-state index is 13.4. The molecule has 2 rings (SSSR count). The molecule has 4 heteroatoms. The lowest BCUT2D eigenvalue weighted by molar-refractivity contribution is 0.260. The second kappa shape index (κ2) is 4.98. The first-order valence-corrected chi connectivity index (χ1v) is 6.14. The minimum absolute atomic E-state index is 0.165. The fraction of sp³-hybridized carbons (Fsp3) is 0.615. The first-order valence-electron chi connectivity index (χ1n) is 6.14. The monoisotopic (exact) mass is 240 g/mol. The van der Waals surface area contributed by atoms with E-state index in [1.54, 1.807) is 0 Å². The topological polar surface area (TPSA) is 24.9 Å². The zero-order valence-corrected chi connectivity index (χ0v) is 10.2. The molecule has 1 aliphatic rings. The highest BCUT2D eigenvalue weighted by molar-refractivity contribution is 5.37. The smallest absolute Gasteiger partial charge is 0.168 e. The molecule has 0 radical (unpaired) electrons. The summed E-state index contributed by atoms with van der Waals surface area (Å²) < 4.78 is 26.1. The van der Waals surface area contributed by atoms with Crippen LogP contribution in [0.5, 0.6) is 0 Å². The predicted molar refractivity (Wildman–Crippen MR) is 63.7 cm³/mol. The number of nitrogens with one attached hydrogen (secondary N) is 1. The van der Waals surface area contributed by atoms with Gasteiger partial charge in [-0.05, 0) is 31.1 Å². The lowest BCUT2D eigenvalue weighted by atomic mass is 9.79. The van der Waals surface area contributed by atoms with Gasteiger partial charge in [0, 0.05) is 12.1 Å². The third-order valence-corrected chi connectivity index (χ3v) is 3.75. The van der Waals surface area contributed by atoms with Crippen LogP contribution in [0, 0.1) is 23.5 Å². The Balaban J connectivity index is 2.01. The van der Waals surface area contributed by atoms with Crippen LogP contribution in [-0.4, -0.2) is 11.0 Å². The molecule has 1 aromatic rings. The molecule has 3 unspecified atom stereocenters. The lowest BCUT2D eigenvalue weighted by Crippen LogP contribution is -2.31. The second-order valence-electron chi connectivity index (χ2n) is 5.09. The summed E-state index contributed by atoms with van der Waals surface area (Å²) in [6.07, 6.45) is 4.21. The summed E-state index contributed by atoms with van der Waals surface area (Å²) in [5.74, 6) is 0.261. The number of anilines is 1. The van der Waals surface area contributed by atoms with Gasteiger partial charge in [-0.15, -0.1) is 0 Å². The highest BCUT2D eigenvalue weighted by Gasteiger charge is 2.25. The minimum atomic E-state index is -0.640. The van der Waals surface area contributed by atoms with E-state index in [1.807, 2.05) is 0 Å². The Labute approximate surface area is 100 Å². The summed E-state index contributed by atoms with van der Waals surface area (Å²) in [5.41, 5.74) is 0. The first kappa shape index (κ1) is 12.3. The second-order valence-corrected chi connectivity index (χ2v) is 5.09. The van der Waals surface area contributed by atoms with Gasteiger partial charge in [-0.1, -0.05) is 13.8 Å². The molecule has 0 amide bonds. The molecule has 0 spiro atoms. The highest BCUT2D eigenvalue weighted by Crippen LogP contribution is 2.31. The number of halogens is 2. The molecule has 1 heterocycles. The first-order chi connectivity index (χ1) is 8.06. The van der Waals surface area contributed by atoms with E-state index in [-0.39, 0.29) is 11.9 Å². The van der Waals surface area contributed by atoms with E-state index in [0.717, 1.165) is 37.4 Å². The standard InChI is InChI=1S/C13H18F2N2/c1-8-3-4-11(5-9(8)2)17-13-12(15)6-10(14)7-16-13/h6-9,11H,3-5H2,1-2H3,(H,16,17). The van der Waals surface area contributed by atoms with Crippen LogP contribution in [0.1, 0.15) is 33.1 Å². The Bertz CT molecular complexity index is 395. The van der Waals surface area contributed by atoms with E-state index in [0.29, 0.717) is 5.92 Å². The zero-order chi connectivity index (χ0) is 12.4. The maximum absolute atomic E-state index is 13.4.